The van der Waals surface area contributed by atoms with E-state index in [4.69, 9.17) is 27.4 Å². The van der Waals surface area contributed by atoms with Gasteiger partial charge in [-0.25, -0.2) is 0 Å². The molecule has 3 N–H and O–H groups in total. The lowest BCUT2D eigenvalue weighted by Gasteiger charge is -2.12. The molecule has 6 heteroatoms. The highest BCUT2D eigenvalue weighted by Gasteiger charge is 2.10. The van der Waals surface area contributed by atoms with Gasteiger partial charge in [0.2, 0.25) is 0 Å². The summed E-state index contributed by atoms with van der Waals surface area (Å²) in [5.74, 6) is 0.760. The maximum absolute atomic E-state index is 12.0. The fourth-order valence-electron chi connectivity index (χ4n) is 1.87. The van der Waals surface area contributed by atoms with Crippen LogP contribution in [0.5, 0.6) is 11.5 Å². The monoisotopic (exact) mass is 316 g/mol. The first kappa shape index (κ1) is 15.8. The van der Waals surface area contributed by atoms with E-state index in [2.05, 4.69) is 5.32 Å². The van der Waals surface area contributed by atoms with Crippen molar-refractivity contribution >= 4 is 28.8 Å². The van der Waals surface area contributed by atoms with E-state index in [0.29, 0.717) is 22.7 Å². The molecule has 0 aliphatic rings. The third kappa shape index (κ3) is 3.95. The van der Waals surface area contributed by atoms with Crippen molar-refractivity contribution in [3.05, 3.63) is 54.1 Å². The van der Waals surface area contributed by atoms with Crippen LogP contribution in [-0.2, 0) is 4.79 Å². The lowest BCUT2D eigenvalue weighted by Crippen LogP contribution is -2.22. The van der Waals surface area contributed by atoms with Crippen LogP contribution in [0.2, 0.25) is 0 Å². The fraction of sp³-hybridized carbons (Fsp3) is 0.125. The summed E-state index contributed by atoms with van der Waals surface area (Å²) in [4.78, 5) is 12.2. The van der Waals surface area contributed by atoms with Crippen LogP contribution in [0, 0.1) is 0 Å². The number of nitrogens with two attached hydrogens (primary N) is 1. The zero-order chi connectivity index (χ0) is 15.9. The lowest BCUT2D eigenvalue weighted by atomic mass is 10.2. The van der Waals surface area contributed by atoms with Crippen LogP contribution in [-0.4, -0.2) is 24.6 Å². The van der Waals surface area contributed by atoms with Crippen LogP contribution >= 0.6 is 12.2 Å². The van der Waals surface area contributed by atoms with Gasteiger partial charge in [-0.1, -0.05) is 36.5 Å². The highest BCUT2D eigenvalue weighted by Crippen LogP contribution is 2.25. The number of amides is 1. The number of thiocarbonyl (C=S) groups is 1. The minimum absolute atomic E-state index is 0.147. The quantitative estimate of drug-likeness (QED) is 0.800. The molecule has 5 nitrogen and oxygen atoms in total. The molecule has 2 rings (SSSR count). The molecule has 0 spiro atoms. The fourth-order valence-corrected chi connectivity index (χ4v) is 2.05. The van der Waals surface area contributed by atoms with Gasteiger partial charge >= 0.3 is 0 Å². The van der Waals surface area contributed by atoms with Crippen molar-refractivity contribution in [3.63, 3.8) is 0 Å². The molecule has 0 saturated carbocycles. The maximum atomic E-state index is 12.0. The van der Waals surface area contributed by atoms with Gasteiger partial charge in [0.15, 0.2) is 18.1 Å². The summed E-state index contributed by atoms with van der Waals surface area (Å²) in [6.07, 6.45) is 0. The lowest BCUT2D eigenvalue weighted by molar-refractivity contribution is -0.118. The van der Waals surface area contributed by atoms with Crippen LogP contribution in [0.1, 0.15) is 5.56 Å². The van der Waals surface area contributed by atoms with Gasteiger partial charge in [-0.3, -0.25) is 4.79 Å². The van der Waals surface area contributed by atoms with E-state index in [9.17, 15) is 4.79 Å². The summed E-state index contributed by atoms with van der Waals surface area (Å²) >= 11 is 4.96. The number of rotatable bonds is 6. The maximum Gasteiger partial charge on any atom is 0.262 e. The molecule has 114 valence electrons. The first-order valence-electron chi connectivity index (χ1n) is 6.56. The second kappa shape index (κ2) is 7.42. The number of hydrogen-bond donors (Lipinski definition) is 2. The third-order valence-corrected chi connectivity index (χ3v) is 3.11. The number of nitrogens with one attached hydrogen (secondary N) is 1. The summed E-state index contributed by atoms with van der Waals surface area (Å²) in [6.45, 7) is -0.147. The van der Waals surface area contributed by atoms with Crippen molar-refractivity contribution in [1.29, 1.82) is 0 Å². The number of hydrogen-bond acceptors (Lipinski definition) is 4. The van der Waals surface area contributed by atoms with Crippen molar-refractivity contribution in [2.45, 2.75) is 0 Å². The van der Waals surface area contributed by atoms with E-state index in [1.54, 1.807) is 49.6 Å². The molecular formula is C16H16N2O3S. The van der Waals surface area contributed by atoms with Gasteiger partial charge in [0.05, 0.1) is 12.8 Å². The minimum Gasteiger partial charge on any atom is -0.493 e. The van der Waals surface area contributed by atoms with Gasteiger partial charge in [0.1, 0.15) is 4.99 Å². The van der Waals surface area contributed by atoms with E-state index in [1.807, 2.05) is 6.07 Å². The Hall–Kier alpha value is -2.60. The Morgan fingerprint density at radius 2 is 1.77 bits per heavy atom. The summed E-state index contributed by atoms with van der Waals surface area (Å²) in [7, 11) is 1.54. The number of carbonyl (C=O) groups is 1. The van der Waals surface area contributed by atoms with Gasteiger partial charge in [0, 0.05) is 5.56 Å². The number of anilines is 1. The van der Waals surface area contributed by atoms with E-state index >= 15 is 0 Å². The van der Waals surface area contributed by atoms with Crippen LogP contribution in [0.3, 0.4) is 0 Å². The molecule has 0 saturated heterocycles. The Labute approximate surface area is 134 Å². The first-order valence-corrected chi connectivity index (χ1v) is 6.97. The average molecular weight is 316 g/mol. The second-order valence-corrected chi connectivity index (χ2v) is 4.84. The van der Waals surface area contributed by atoms with Crippen LogP contribution < -0.4 is 20.5 Å². The number of methoxy groups -OCH3 is 1. The van der Waals surface area contributed by atoms with E-state index in [0.717, 1.165) is 0 Å². The van der Waals surface area contributed by atoms with Crippen LogP contribution in [0.25, 0.3) is 0 Å². The number of carbonyl (C=O) groups excluding carboxylic acids is 1. The number of para-hydroxylation sites is 3. The first-order chi connectivity index (χ1) is 10.6. The normalized spacial score (nSPS) is 9.86. The van der Waals surface area contributed by atoms with Gasteiger partial charge in [-0.2, -0.15) is 0 Å². The zero-order valence-corrected chi connectivity index (χ0v) is 12.9. The standard InChI is InChI=1S/C16H16N2O3S/c1-20-13-8-4-5-9-14(13)21-10-15(19)18-12-7-3-2-6-11(12)16(17)22/h2-9H,10H2,1H3,(H2,17,22)(H,18,19). The molecule has 0 bridgehead atoms. The average Bonchev–Trinajstić information content (AvgIpc) is 2.53. The van der Waals surface area contributed by atoms with Gasteiger partial charge in [0.25, 0.3) is 5.91 Å². The number of ether oxygens (including phenoxy) is 2. The van der Waals surface area contributed by atoms with Crippen molar-refractivity contribution in [1.82, 2.24) is 0 Å². The summed E-state index contributed by atoms with van der Waals surface area (Å²) in [5.41, 5.74) is 6.80. The van der Waals surface area contributed by atoms with Crippen LogP contribution in [0.15, 0.2) is 48.5 Å². The van der Waals surface area contributed by atoms with Crippen LogP contribution in [0.4, 0.5) is 5.69 Å². The predicted molar refractivity (Wildman–Crippen MR) is 89.4 cm³/mol. The topological polar surface area (TPSA) is 73.6 Å². The van der Waals surface area contributed by atoms with Crippen molar-refractivity contribution < 1.29 is 14.3 Å². The molecule has 0 aromatic heterocycles. The van der Waals surface area contributed by atoms with Gasteiger partial charge in [-0.15, -0.1) is 0 Å². The van der Waals surface area contributed by atoms with E-state index in [-0.39, 0.29) is 17.5 Å². The Bertz CT molecular complexity index is 689. The molecule has 0 fully saturated rings. The Kier molecular flexibility index (Phi) is 5.32. The zero-order valence-electron chi connectivity index (χ0n) is 12.0. The third-order valence-electron chi connectivity index (χ3n) is 2.89. The van der Waals surface area contributed by atoms with Crippen molar-refractivity contribution in [3.8, 4) is 11.5 Å². The highest BCUT2D eigenvalue weighted by atomic mass is 32.1. The molecule has 1 amide bonds. The van der Waals surface area contributed by atoms with Crippen molar-refractivity contribution in [2.75, 3.05) is 19.0 Å². The molecule has 0 aliphatic carbocycles. The minimum atomic E-state index is -0.311. The van der Waals surface area contributed by atoms with Gasteiger partial charge in [-0.05, 0) is 24.3 Å². The smallest absolute Gasteiger partial charge is 0.262 e. The van der Waals surface area contributed by atoms with E-state index < -0.39 is 0 Å². The molecular weight excluding hydrogens is 300 g/mol. The highest BCUT2D eigenvalue weighted by molar-refractivity contribution is 7.80. The Balaban J connectivity index is 2.01. The summed E-state index contributed by atoms with van der Waals surface area (Å²) in [6, 6.07) is 14.2. The summed E-state index contributed by atoms with van der Waals surface area (Å²) < 4.78 is 10.6. The predicted octanol–water partition coefficient (Wildman–Crippen LogP) is 2.35. The molecule has 0 heterocycles. The Morgan fingerprint density at radius 1 is 1.14 bits per heavy atom. The second-order valence-electron chi connectivity index (χ2n) is 4.40. The summed E-state index contributed by atoms with van der Waals surface area (Å²) in [5, 5.41) is 2.73. The van der Waals surface area contributed by atoms with E-state index in [1.165, 1.54) is 0 Å². The molecule has 2 aromatic rings. The Morgan fingerprint density at radius 3 is 2.45 bits per heavy atom. The molecule has 22 heavy (non-hydrogen) atoms. The number of benzene rings is 2. The molecule has 0 atom stereocenters. The molecule has 0 unspecified atom stereocenters. The SMILES string of the molecule is COc1ccccc1OCC(=O)Nc1ccccc1C(N)=S. The van der Waals surface area contributed by atoms with Crippen molar-refractivity contribution in [2.24, 2.45) is 5.73 Å². The molecule has 2 aromatic carbocycles. The largest absolute Gasteiger partial charge is 0.493 e. The van der Waals surface area contributed by atoms with Gasteiger partial charge < -0.3 is 20.5 Å². The molecule has 0 aliphatic heterocycles. The molecule has 0 radical (unpaired) electrons.